The number of imidazole rings is 1. The van der Waals surface area contributed by atoms with Crippen LogP contribution in [0.15, 0.2) is 35.9 Å². The van der Waals surface area contributed by atoms with Gasteiger partial charge in [-0.25, -0.2) is 9.78 Å². The highest BCUT2D eigenvalue weighted by molar-refractivity contribution is 7.15. The number of benzene rings is 1. The minimum absolute atomic E-state index is 0.684. The number of methoxy groups -OCH3 is 2. The van der Waals surface area contributed by atoms with Gasteiger partial charge in [0.2, 0.25) is 0 Å². The number of fused-ring (bicyclic) bond motifs is 1. The summed E-state index contributed by atoms with van der Waals surface area (Å²) in [4.78, 5) is 15.8. The van der Waals surface area contributed by atoms with Crippen LogP contribution in [0.25, 0.3) is 22.3 Å². The fraction of sp³-hybridized carbons (Fsp3) is 0.125. The number of carbonyl (C=O) groups is 1. The summed E-state index contributed by atoms with van der Waals surface area (Å²) in [5.74, 6) is 0.408. The molecule has 0 bridgehead atoms. The van der Waals surface area contributed by atoms with E-state index in [1.54, 1.807) is 20.4 Å². The summed E-state index contributed by atoms with van der Waals surface area (Å²) in [5.41, 5.74) is 2.40. The molecule has 0 saturated heterocycles. The number of nitrogens with zero attached hydrogens (tertiary/aromatic N) is 2. The molecule has 0 atom stereocenters. The molecule has 0 radical (unpaired) electrons. The van der Waals surface area contributed by atoms with Crippen LogP contribution in [0.3, 0.4) is 0 Å². The van der Waals surface area contributed by atoms with Crippen LogP contribution in [-0.4, -0.2) is 34.7 Å². The quantitative estimate of drug-likeness (QED) is 0.727. The van der Waals surface area contributed by atoms with Gasteiger partial charge in [0.1, 0.15) is 11.5 Å². The minimum Gasteiger partial charge on any atom is -0.497 e. The molecular weight excluding hydrogens is 316 g/mol. The highest BCUT2D eigenvalue weighted by Crippen LogP contribution is 2.36. The first-order chi connectivity index (χ1) is 11.1. The van der Waals surface area contributed by atoms with Crippen molar-refractivity contribution < 1.29 is 19.4 Å². The van der Waals surface area contributed by atoms with Crippen LogP contribution in [0.5, 0.6) is 11.5 Å². The second-order valence-electron chi connectivity index (χ2n) is 4.66. The van der Waals surface area contributed by atoms with Gasteiger partial charge in [-0.3, -0.25) is 4.40 Å². The van der Waals surface area contributed by atoms with E-state index in [2.05, 4.69) is 4.98 Å². The van der Waals surface area contributed by atoms with Gasteiger partial charge < -0.3 is 14.6 Å². The number of carboxylic acids is 1. The molecule has 0 aliphatic carbocycles. The molecule has 2 aromatic heterocycles. The van der Waals surface area contributed by atoms with Gasteiger partial charge in [-0.2, -0.15) is 0 Å². The summed E-state index contributed by atoms with van der Waals surface area (Å²) < 4.78 is 12.6. The van der Waals surface area contributed by atoms with Gasteiger partial charge in [0.05, 0.1) is 31.8 Å². The molecule has 3 rings (SSSR count). The lowest BCUT2D eigenvalue weighted by Gasteiger charge is -2.10. The van der Waals surface area contributed by atoms with Crippen LogP contribution in [0, 0.1) is 0 Å². The normalized spacial score (nSPS) is 11.2. The van der Waals surface area contributed by atoms with Crippen LogP contribution in [0.2, 0.25) is 0 Å². The molecule has 7 heteroatoms. The fourth-order valence-corrected chi connectivity index (χ4v) is 3.18. The van der Waals surface area contributed by atoms with Crippen molar-refractivity contribution in [2.45, 2.75) is 0 Å². The zero-order valence-electron chi connectivity index (χ0n) is 12.5. The van der Waals surface area contributed by atoms with Crippen molar-refractivity contribution >= 4 is 28.3 Å². The molecule has 3 aromatic rings. The molecule has 0 aliphatic heterocycles. The zero-order chi connectivity index (χ0) is 16.4. The Morgan fingerprint density at radius 1 is 1.35 bits per heavy atom. The lowest BCUT2D eigenvalue weighted by molar-refractivity contribution is -0.131. The highest BCUT2D eigenvalue weighted by Gasteiger charge is 2.15. The second kappa shape index (κ2) is 6.13. The number of aliphatic carboxylic acids is 1. The Morgan fingerprint density at radius 2 is 2.17 bits per heavy atom. The van der Waals surface area contributed by atoms with Crippen LogP contribution in [0.1, 0.15) is 5.69 Å². The summed E-state index contributed by atoms with van der Waals surface area (Å²) in [6.07, 6.45) is 4.25. The van der Waals surface area contributed by atoms with Gasteiger partial charge in [-0.1, -0.05) is 0 Å². The molecule has 1 aromatic carbocycles. The molecule has 118 valence electrons. The molecule has 0 aliphatic rings. The van der Waals surface area contributed by atoms with Gasteiger partial charge in [0, 0.05) is 17.0 Å². The number of rotatable bonds is 5. The zero-order valence-corrected chi connectivity index (χ0v) is 13.3. The van der Waals surface area contributed by atoms with Crippen molar-refractivity contribution in [3.63, 3.8) is 0 Å². The summed E-state index contributed by atoms with van der Waals surface area (Å²) in [7, 11) is 3.21. The molecule has 6 nitrogen and oxygen atoms in total. The third-order valence-electron chi connectivity index (χ3n) is 3.35. The Balaban J connectivity index is 2.20. The maximum Gasteiger partial charge on any atom is 0.328 e. The van der Waals surface area contributed by atoms with E-state index in [-0.39, 0.29) is 0 Å². The summed E-state index contributed by atoms with van der Waals surface area (Å²) >= 11 is 1.47. The van der Waals surface area contributed by atoms with Gasteiger partial charge in [0.15, 0.2) is 4.96 Å². The standard InChI is InChI=1S/C16H14N2O4S/c1-21-11-4-5-14(22-2)12(7-11)13-9-23-16-17-8-10(18(13)16)3-6-15(19)20/h3-9H,1-2H3,(H,19,20)/b6-3+. The predicted molar refractivity (Wildman–Crippen MR) is 88.3 cm³/mol. The monoisotopic (exact) mass is 330 g/mol. The van der Waals surface area contributed by atoms with Gasteiger partial charge in [-0.05, 0) is 24.3 Å². The smallest absolute Gasteiger partial charge is 0.328 e. The van der Waals surface area contributed by atoms with Crippen molar-refractivity contribution in [1.82, 2.24) is 9.38 Å². The first-order valence-electron chi connectivity index (χ1n) is 6.72. The van der Waals surface area contributed by atoms with Crippen LogP contribution < -0.4 is 9.47 Å². The molecule has 1 N–H and O–H groups in total. The molecule has 2 heterocycles. The van der Waals surface area contributed by atoms with Crippen LogP contribution >= 0.6 is 11.3 Å². The summed E-state index contributed by atoms with van der Waals surface area (Å²) in [6, 6.07) is 5.54. The summed E-state index contributed by atoms with van der Waals surface area (Å²) in [5, 5.41) is 10.8. The van der Waals surface area contributed by atoms with Gasteiger partial charge in [0.25, 0.3) is 0 Å². The van der Waals surface area contributed by atoms with Crippen molar-refractivity contribution in [2.75, 3.05) is 14.2 Å². The third-order valence-corrected chi connectivity index (χ3v) is 4.19. The molecule has 0 saturated carbocycles. The van der Waals surface area contributed by atoms with Gasteiger partial charge in [-0.15, -0.1) is 11.3 Å². The highest BCUT2D eigenvalue weighted by atomic mass is 32.1. The van der Waals surface area contributed by atoms with Crippen molar-refractivity contribution in [3.05, 3.63) is 41.5 Å². The van der Waals surface area contributed by atoms with Crippen molar-refractivity contribution in [3.8, 4) is 22.8 Å². The molecule has 0 unspecified atom stereocenters. The van der Waals surface area contributed by atoms with Gasteiger partial charge >= 0.3 is 5.97 Å². The number of carboxylic acid groups (broad SMARTS) is 1. The van der Waals surface area contributed by atoms with E-state index in [0.29, 0.717) is 17.2 Å². The van der Waals surface area contributed by atoms with E-state index >= 15 is 0 Å². The minimum atomic E-state index is -1.00. The third kappa shape index (κ3) is 2.78. The predicted octanol–water partition coefficient (Wildman–Crippen LogP) is 3.18. The van der Waals surface area contributed by atoms with E-state index in [1.165, 1.54) is 17.4 Å². The molecule has 0 amide bonds. The first kappa shape index (κ1) is 15.1. The van der Waals surface area contributed by atoms with E-state index in [4.69, 9.17) is 14.6 Å². The Kier molecular flexibility index (Phi) is 4.03. The Hall–Kier alpha value is -2.80. The maximum absolute atomic E-state index is 10.8. The van der Waals surface area contributed by atoms with Crippen molar-refractivity contribution in [2.24, 2.45) is 0 Å². The number of hydrogen-bond acceptors (Lipinski definition) is 5. The Labute approximate surface area is 136 Å². The topological polar surface area (TPSA) is 73.1 Å². The maximum atomic E-state index is 10.8. The van der Waals surface area contributed by atoms with E-state index in [9.17, 15) is 4.79 Å². The second-order valence-corrected chi connectivity index (χ2v) is 5.50. The lowest BCUT2D eigenvalue weighted by Crippen LogP contribution is -1.94. The molecule has 0 spiro atoms. The fourth-order valence-electron chi connectivity index (χ4n) is 2.31. The lowest BCUT2D eigenvalue weighted by atomic mass is 10.1. The number of ether oxygens (including phenoxy) is 2. The van der Waals surface area contributed by atoms with E-state index in [1.807, 2.05) is 28.0 Å². The van der Waals surface area contributed by atoms with Crippen LogP contribution in [0.4, 0.5) is 0 Å². The molecule has 0 fully saturated rings. The largest absolute Gasteiger partial charge is 0.497 e. The summed E-state index contributed by atoms with van der Waals surface area (Å²) in [6.45, 7) is 0. The average molecular weight is 330 g/mol. The van der Waals surface area contributed by atoms with E-state index < -0.39 is 5.97 Å². The SMILES string of the molecule is COc1ccc(OC)c(-c2csc3ncc(/C=C/C(=O)O)n23)c1. The Bertz CT molecular complexity index is 895. The molecule has 23 heavy (non-hydrogen) atoms. The first-order valence-corrected chi connectivity index (χ1v) is 7.60. The molecular formula is C16H14N2O4S. The average Bonchev–Trinajstić information content (AvgIpc) is 3.14. The number of aromatic nitrogens is 2. The van der Waals surface area contributed by atoms with Crippen molar-refractivity contribution in [1.29, 1.82) is 0 Å². The number of thiazole rings is 1. The number of hydrogen-bond donors (Lipinski definition) is 1. The van der Waals surface area contributed by atoms with Crippen LogP contribution in [-0.2, 0) is 4.79 Å². The van der Waals surface area contributed by atoms with E-state index in [0.717, 1.165) is 22.3 Å². The Morgan fingerprint density at radius 3 is 2.87 bits per heavy atom.